The molecular formula is C32H34ClN5O4. The lowest BCUT2D eigenvalue weighted by Gasteiger charge is -2.23. The molecule has 0 saturated carbocycles. The van der Waals surface area contributed by atoms with Gasteiger partial charge in [-0.25, -0.2) is 14.3 Å². The summed E-state index contributed by atoms with van der Waals surface area (Å²) in [6.07, 6.45) is 0. The Hall–Kier alpha value is -4.63. The lowest BCUT2D eigenvalue weighted by Crippen LogP contribution is -2.40. The summed E-state index contributed by atoms with van der Waals surface area (Å²) in [6, 6.07) is 24.3. The molecule has 9 nitrogen and oxygen atoms in total. The van der Waals surface area contributed by atoms with Crippen molar-refractivity contribution in [3.63, 3.8) is 0 Å². The summed E-state index contributed by atoms with van der Waals surface area (Å²) < 4.78 is 6.62. The van der Waals surface area contributed by atoms with Crippen LogP contribution in [-0.2, 0) is 21.5 Å². The number of hydrogen-bond acceptors (Lipinski definition) is 5. The molecule has 0 saturated heterocycles. The zero-order chi connectivity index (χ0) is 30.3. The molecule has 0 unspecified atom stereocenters. The Morgan fingerprint density at radius 2 is 1.60 bits per heavy atom. The summed E-state index contributed by atoms with van der Waals surface area (Å²) in [5, 5.41) is 11.0. The summed E-state index contributed by atoms with van der Waals surface area (Å²) in [5.41, 5.74) is 2.80. The summed E-state index contributed by atoms with van der Waals surface area (Å²) in [4.78, 5) is 40.2. The molecule has 0 atom stereocenters. The Kier molecular flexibility index (Phi) is 9.64. The number of anilines is 2. The van der Waals surface area contributed by atoms with E-state index in [0.717, 1.165) is 11.3 Å². The molecule has 1 heterocycles. The maximum absolute atomic E-state index is 13.4. The van der Waals surface area contributed by atoms with Gasteiger partial charge in [-0.1, -0.05) is 74.8 Å². The normalized spacial score (nSPS) is 11.1. The van der Waals surface area contributed by atoms with E-state index in [9.17, 15) is 14.4 Å². The molecule has 0 radical (unpaired) electrons. The molecule has 4 aromatic rings. The number of nitrogens with one attached hydrogen (secondary N) is 2. The van der Waals surface area contributed by atoms with Gasteiger partial charge in [-0.15, -0.1) is 0 Å². The molecule has 4 rings (SSSR count). The third-order valence-electron chi connectivity index (χ3n) is 6.31. The Morgan fingerprint density at radius 3 is 2.24 bits per heavy atom. The molecule has 0 aliphatic rings. The number of aromatic nitrogens is 2. The van der Waals surface area contributed by atoms with E-state index in [-0.39, 0.29) is 25.1 Å². The molecule has 218 valence electrons. The summed E-state index contributed by atoms with van der Waals surface area (Å²) >= 11 is 6.47. The number of hydrogen-bond donors (Lipinski definition) is 2. The van der Waals surface area contributed by atoms with Crippen molar-refractivity contribution in [3.05, 3.63) is 107 Å². The number of amides is 3. The third-order valence-corrected chi connectivity index (χ3v) is 6.63. The maximum Gasteiger partial charge on any atom is 0.338 e. The molecule has 0 aliphatic carbocycles. The first kappa shape index (κ1) is 30.3. The van der Waals surface area contributed by atoms with Gasteiger partial charge in [0, 0.05) is 23.7 Å². The fourth-order valence-electron chi connectivity index (χ4n) is 4.11. The first-order valence-electron chi connectivity index (χ1n) is 13.6. The van der Waals surface area contributed by atoms with Gasteiger partial charge in [0.15, 0.2) is 0 Å². The minimum absolute atomic E-state index is 0.192. The molecule has 0 spiro atoms. The number of nitrogens with zero attached hydrogens (tertiary/aromatic N) is 3. The molecule has 3 amide bonds. The van der Waals surface area contributed by atoms with Crippen LogP contribution in [0.3, 0.4) is 0 Å². The van der Waals surface area contributed by atoms with Crippen molar-refractivity contribution < 1.29 is 19.1 Å². The maximum atomic E-state index is 13.4. The molecule has 0 bridgehead atoms. The average molecular weight is 588 g/mol. The van der Waals surface area contributed by atoms with Gasteiger partial charge in [0.05, 0.1) is 28.6 Å². The summed E-state index contributed by atoms with van der Waals surface area (Å²) in [6.45, 7) is 8.05. The molecule has 1 aromatic heterocycles. The molecule has 3 aromatic carbocycles. The van der Waals surface area contributed by atoms with Crippen molar-refractivity contribution in [1.29, 1.82) is 0 Å². The highest BCUT2D eigenvalue weighted by molar-refractivity contribution is 6.32. The first-order chi connectivity index (χ1) is 20.0. The largest absolute Gasteiger partial charge is 0.462 e. The van der Waals surface area contributed by atoms with Gasteiger partial charge >= 0.3 is 12.0 Å². The van der Waals surface area contributed by atoms with E-state index in [4.69, 9.17) is 21.4 Å². The lowest BCUT2D eigenvalue weighted by atomic mass is 9.92. The van der Waals surface area contributed by atoms with E-state index in [1.807, 2.05) is 75.4 Å². The van der Waals surface area contributed by atoms with Gasteiger partial charge in [-0.2, -0.15) is 5.10 Å². The number of ether oxygens (including phenoxy) is 1. The third kappa shape index (κ3) is 7.76. The minimum Gasteiger partial charge on any atom is -0.462 e. The van der Waals surface area contributed by atoms with Crippen LogP contribution < -0.4 is 10.6 Å². The van der Waals surface area contributed by atoms with Crippen LogP contribution >= 0.6 is 11.6 Å². The first-order valence-corrected chi connectivity index (χ1v) is 13.9. The predicted molar refractivity (Wildman–Crippen MR) is 164 cm³/mol. The number of benzene rings is 3. The smallest absolute Gasteiger partial charge is 0.338 e. The van der Waals surface area contributed by atoms with Gasteiger partial charge in [0.25, 0.3) is 0 Å². The van der Waals surface area contributed by atoms with Crippen LogP contribution in [0.4, 0.5) is 16.3 Å². The Bertz CT molecular complexity index is 1550. The molecule has 10 heteroatoms. The van der Waals surface area contributed by atoms with Gasteiger partial charge in [0.2, 0.25) is 5.91 Å². The number of carbonyl (C=O) groups is 3. The van der Waals surface area contributed by atoms with Crippen LogP contribution in [0.2, 0.25) is 5.02 Å². The summed E-state index contributed by atoms with van der Waals surface area (Å²) in [7, 11) is 0. The SMILES string of the molecule is CCOC(=O)c1ccc(NC(=O)N(CC(=O)Nc2cc(C(C)(C)C)nn2-c2ccccc2Cl)Cc2ccccc2)cc1. The molecule has 2 N–H and O–H groups in total. The quantitative estimate of drug-likeness (QED) is 0.213. The van der Waals surface area contributed by atoms with E-state index in [0.29, 0.717) is 27.8 Å². The second-order valence-corrected chi connectivity index (χ2v) is 11.1. The zero-order valence-corrected chi connectivity index (χ0v) is 24.8. The van der Waals surface area contributed by atoms with Crippen molar-refractivity contribution in [2.24, 2.45) is 0 Å². The number of para-hydroxylation sites is 1. The van der Waals surface area contributed by atoms with E-state index in [1.165, 1.54) is 4.90 Å². The number of carbonyl (C=O) groups excluding carboxylic acids is 3. The highest BCUT2D eigenvalue weighted by Crippen LogP contribution is 2.29. The van der Waals surface area contributed by atoms with E-state index >= 15 is 0 Å². The van der Waals surface area contributed by atoms with Crippen molar-refractivity contribution in [1.82, 2.24) is 14.7 Å². The fourth-order valence-corrected chi connectivity index (χ4v) is 4.33. The monoisotopic (exact) mass is 587 g/mol. The van der Waals surface area contributed by atoms with Crippen LogP contribution in [0.5, 0.6) is 0 Å². The predicted octanol–water partition coefficient (Wildman–Crippen LogP) is 6.67. The van der Waals surface area contributed by atoms with Crippen LogP contribution in [0.1, 0.15) is 49.3 Å². The van der Waals surface area contributed by atoms with Crippen LogP contribution in [0.25, 0.3) is 5.69 Å². The van der Waals surface area contributed by atoms with Crippen molar-refractivity contribution >= 4 is 41.0 Å². The standard InChI is InChI=1S/C32H34ClN5O4/c1-5-42-30(40)23-15-17-24(18-16-23)34-31(41)37(20-22-11-7-6-8-12-22)21-29(39)35-28-19-27(32(2,3)4)36-38(28)26-14-10-9-13-25(26)33/h6-19H,5,20-21H2,1-4H3,(H,34,41)(H,35,39). The highest BCUT2D eigenvalue weighted by atomic mass is 35.5. The van der Waals surface area contributed by atoms with Gasteiger partial charge < -0.3 is 20.3 Å². The van der Waals surface area contributed by atoms with Crippen molar-refractivity contribution in [2.75, 3.05) is 23.8 Å². The number of halogens is 1. The molecule has 0 aliphatic heterocycles. The Morgan fingerprint density at radius 1 is 0.929 bits per heavy atom. The van der Waals surface area contributed by atoms with Crippen molar-refractivity contribution in [3.8, 4) is 5.69 Å². The highest BCUT2D eigenvalue weighted by Gasteiger charge is 2.24. The number of rotatable bonds is 9. The zero-order valence-electron chi connectivity index (χ0n) is 24.1. The Balaban J connectivity index is 1.56. The second kappa shape index (κ2) is 13.4. The summed E-state index contributed by atoms with van der Waals surface area (Å²) in [5.74, 6) is -0.413. The minimum atomic E-state index is -0.479. The van der Waals surface area contributed by atoms with Gasteiger partial charge in [-0.3, -0.25) is 4.79 Å². The van der Waals surface area contributed by atoms with E-state index < -0.39 is 17.9 Å². The van der Waals surface area contributed by atoms with Crippen molar-refractivity contribution in [2.45, 2.75) is 39.7 Å². The molecule has 42 heavy (non-hydrogen) atoms. The number of urea groups is 1. The fraction of sp³-hybridized carbons (Fsp3) is 0.250. The van der Waals surface area contributed by atoms with Crippen LogP contribution in [-0.4, -0.2) is 45.7 Å². The molecule has 0 fully saturated rings. The van der Waals surface area contributed by atoms with E-state index in [1.54, 1.807) is 41.9 Å². The van der Waals surface area contributed by atoms with E-state index in [2.05, 4.69) is 10.6 Å². The average Bonchev–Trinajstić information content (AvgIpc) is 3.38. The number of esters is 1. The Labute approximate surface area is 250 Å². The van der Waals surface area contributed by atoms with Crippen LogP contribution in [0, 0.1) is 0 Å². The van der Waals surface area contributed by atoms with Crippen LogP contribution in [0.15, 0.2) is 84.9 Å². The second-order valence-electron chi connectivity index (χ2n) is 10.6. The van der Waals surface area contributed by atoms with Gasteiger partial charge in [0.1, 0.15) is 12.4 Å². The lowest BCUT2D eigenvalue weighted by molar-refractivity contribution is -0.116. The van der Waals surface area contributed by atoms with Gasteiger partial charge in [-0.05, 0) is 48.9 Å². The topological polar surface area (TPSA) is 106 Å². The molecular weight excluding hydrogens is 554 g/mol.